The van der Waals surface area contributed by atoms with E-state index in [1.807, 2.05) is 6.07 Å². The van der Waals surface area contributed by atoms with Crippen LogP contribution < -0.4 is 11.5 Å². The van der Waals surface area contributed by atoms with Crippen LogP contribution in [0, 0.1) is 0 Å². The molecule has 23 heavy (non-hydrogen) atoms. The highest BCUT2D eigenvalue weighted by molar-refractivity contribution is 7.99. The van der Waals surface area contributed by atoms with E-state index in [0.717, 1.165) is 17.3 Å². The van der Waals surface area contributed by atoms with Crippen LogP contribution in [-0.2, 0) is 11.3 Å². The van der Waals surface area contributed by atoms with Crippen molar-refractivity contribution in [1.29, 1.82) is 0 Å². The van der Waals surface area contributed by atoms with Gasteiger partial charge >= 0.3 is 0 Å². The minimum atomic E-state index is -0.0985. The van der Waals surface area contributed by atoms with E-state index in [-0.39, 0.29) is 23.6 Å². The molecule has 0 unspecified atom stereocenters. The number of thioether (sulfide) groups is 1. The van der Waals surface area contributed by atoms with Gasteiger partial charge in [-0.15, -0.1) is 0 Å². The zero-order chi connectivity index (χ0) is 17.0. The largest absolute Gasteiger partial charge is 0.368 e. The molecule has 0 atom stereocenters. The smallest absolute Gasteiger partial charge is 0.233 e. The molecular weight excluding hydrogens is 359 g/mol. The number of carbonyl (C=O) groups excluding carboxylic acids is 1. The van der Waals surface area contributed by atoms with Gasteiger partial charge in [-0.3, -0.25) is 4.79 Å². The fourth-order valence-corrected chi connectivity index (χ4v) is 2.80. The molecule has 0 spiro atoms. The lowest BCUT2D eigenvalue weighted by Crippen LogP contribution is -2.27. The first-order chi connectivity index (χ1) is 10.8. The molecule has 10 heteroatoms. The van der Waals surface area contributed by atoms with Crippen molar-refractivity contribution < 1.29 is 4.79 Å². The van der Waals surface area contributed by atoms with Gasteiger partial charge in [0.25, 0.3) is 0 Å². The Balaban J connectivity index is 1.93. The number of hydrogen-bond donors (Lipinski definition) is 2. The van der Waals surface area contributed by atoms with Gasteiger partial charge < -0.3 is 16.4 Å². The number of nitrogen functional groups attached to an aromatic ring is 2. The average Bonchev–Trinajstić information content (AvgIpc) is 2.47. The van der Waals surface area contributed by atoms with Crippen LogP contribution in [0.4, 0.5) is 11.9 Å². The van der Waals surface area contributed by atoms with Gasteiger partial charge in [0.1, 0.15) is 0 Å². The van der Waals surface area contributed by atoms with Crippen LogP contribution in [0.2, 0.25) is 10.0 Å². The van der Waals surface area contributed by atoms with E-state index in [0.29, 0.717) is 21.7 Å². The zero-order valence-corrected chi connectivity index (χ0v) is 14.5. The van der Waals surface area contributed by atoms with Gasteiger partial charge in [0.05, 0.1) is 15.8 Å². The lowest BCUT2D eigenvalue weighted by atomic mass is 10.2. The van der Waals surface area contributed by atoms with E-state index in [4.69, 9.17) is 34.7 Å². The maximum atomic E-state index is 12.2. The number of hydrogen-bond acceptors (Lipinski definition) is 7. The second-order valence-corrected chi connectivity index (χ2v) is 6.38. The third kappa shape index (κ3) is 5.12. The molecular formula is C13H14Cl2N6OS. The molecule has 1 aromatic carbocycles. The van der Waals surface area contributed by atoms with E-state index >= 15 is 0 Å². The summed E-state index contributed by atoms with van der Waals surface area (Å²) in [4.78, 5) is 25.2. The standard InChI is InChI=1S/C13H14Cl2N6OS/c1-21(5-7-2-3-8(14)9(15)4-7)10(22)6-23-13-19-11(16)18-12(17)20-13/h2-4H,5-6H2,1H3,(H4,16,17,18,19,20). The van der Waals surface area contributed by atoms with E-state index < -0.39 is 0 Å². The quantitative estimate of drug-likeness (QED) is 0.772. The lowest BCUT2D eigenvalue weighted by Gasteiger charge is -2.17. The normalized spacial score (nSPS) is 10.6. The summed E-state index contributed by atoms with van der Waals surface area (Å²) in [6.45, 7) is 0.414. The fourth-order valence-electron chi connectivity index (χ4n) is 1.69. The molecule has 0 bridgehead atoms. The van der Waals surface area contributed by atoms with E-state index in [9.17, 15) is 4.79 Å². The van der Waals surface area contributed by atoms with Gasteiger partial charge in [-0.1, -0.05) is 41.0 Å². The summed E-state index contributed by atoms with van der Waals surface area (Å²) in [5.74, 6) is 0.104. The maximum absolute atomic E-state index is 12.2. The number of aromatic nitrogens is 3. The Bertz CT molecular complexity index is 709. The molecule has 4 N–H and O–H groups in total. The van der Waals surface area contributed by atoms with Crippen molar-refractivity contribution in [1.82, 2.24) is 19.9 Å². The Morgan fingerprint density at radius 2 is 1.83 bits per heavy atom. The Hall–Kier alpha value is -1.77. The van der Waals surface area contributed by atoms with Crippen LogP contribution in [0.1, 0.15) is 5.56 Å². The van der Waals surface area contributed by atoms with Crippen molar-refractivity contribution in [2.75, 3.05) is 24.3 Å². The molecule has 1 heterocycles. The zero-order valence-electron chi connectivity index (χ0n) is 12.2. The van der Waals surface area contributed by atoms with Crippen molar-refractivity contribution in [3.63, 3.8) is 0 Å². The monoisotopic (exact) mass is 372 g/mol. The molecule has 1 aromatic heterocycles. The van der Waals surface area contributed by atoms with Crippen molar-refractivity contribution in [2.45, 2.75) is 11.7 Å². The first kappa shape index (κ1) is 17.6. The van der Waals surface area contributed by atoms with Gasteiger partial charge in [0.2, 0.25) is 17.8 Å². The summed E-state index contributed by atoms with van der Waals surface area (Å²) in [5, 5.41) is 1.24. The van der Waals surface area contributed by atoms with Gasteiger partial charge in [0.15, 0.2) is 5.16 Å². The number of nitrogens with zero attached hydrogens (tertiary/aromatic N) is 4. The van der Waals surface area contributed by atoms with E-state index in [1.165, 1.54) is 0 Å². The third-order valence-electron chi connectivity index (χ3n) is 2.80. The molecule has 2 aromatic rings. The SMILES string of the molecule is CN(Cc1ccc(Cl)c(Cl)c1)C(=O)CSc1nc(N)nc(N)n1. The van der Waals surface area contributed by atoms with Gasteiger partial charge in [-0.2, -0.15) is 15.0 Å². The summed E-state index contributed by atoms with van der Waals surface area (Å²) in [5.41, 5.74) is 11.8. The Labute approximate surface area is 147 Å². The molecule has 0 aliphatic carbocycles. The summed E-state index contributed by atoms with van der Waals surface area (Å²) >= 11 is 13.0. The Morgan fingerprint density at radius 3 is 2.43 bits per heavy atom. The molecule has 0 radical (unpaired) electrons. The highest BCUT2D eigenvalue weighted by atomic mass is 35.5. The highest BCUT2D eigenvalue weighted by Gasteiger charge is 2.12. The second kappa shape index (κ2) is 7.67. The topological polar surface area (TPSA) is 111 Å². The van der Waals surface area contributed by atoms with Crippen LogP contribution >= 0.6 is 35.0 Å². The summed E-state index contributed by atoms with van der Waals surface area (Å²) in [7, 11) is 1.70. The van der Waals surface area contributed by atoms with Crippen molar-refractivity contribution >= 4 is 52.8 Å². The minimum Gasteiger partial charge on any atom is -0.368 e. The number of amides is 1. The number of benzene rings is 1. The lowest BCUT2D eigenvalue weighted by molar-refractivity contribution is -0.127. The first-order valence-corrected chi connectivity index (χ1v) is 8.17. The molecule has 0 aliphatic rings. The average molecular weight is 373 g/mol. The van der Waals surface area contributed by atoms with Crippen LogP contribution in [0.3, 0.4) is 0 Å². The summed E-state index contributed by atoms with van der Waals surface area (Å²) in [6, 6.07) is 5.25. The molecule has 0 saturated heterocycles. The first-order valence-electron chi connectivity index (χ1n) is 6.43. The number of nitrogens with two attached hydrogens (primary N) is 2. The van der Waals surface area contributed by atoms with Crippen molar-refractivity contribution in [3.05, 3.63) is 33.8 Å². The van der Waals surface area contributed by atoms with Gasteiger partial charge in [-0.05, 0) is 17.7 Å². The molecule has 0 saturated carbocycles. The molecule has 0 aliphatic heterocycles. The van der Waals surface area contributed by atoms with E-state index in [1.54, 1.807) is 24.1 Å². The molecule has 7 nitrogen and oxygen atoms in total. The van der Waals surface area contributed by atoms with Crippen LogP contribution in [0.5, 0.6) is 0 Å². The van der Waals surface area contributed by atoms with Crippen molar-refractivity contribution in [2.24, 2.45) is 0 Å². The molecule has 122 valence electrons. The number of carbonyl (C=O) groups is 1. The summed E-state index contributed by atoms with van der Waals surface area (Å²) in [6.07, 6.45) is 0. The minimum absolute atomic E-state index is 0.0246. The number of anilines is 2. The second-order valence-electron chi connectivity index (χ2n) is 4.62. The summed E-state index contributed by atoms with van der Waals surface area (Å²) < 4.78 is 0. The predicted molar refractivity (Wildman–Crippen MR) is 92.3 cm³/mol. The molecule has 1 amide bonds. The third-order valence-corrected chi connectivity index (χ3v) is 4.37. The van der Waals surface area contributed by atoms with Crippen molar-refractivity contribution in [3.8, 4) is 0 Å². The van der Waals surface area contributed by atoms with Crippen LogP contribution in [0.25, 0.3) is 0 Å². The van der Waals surface area contributed by atoms with Crippen LogP contribution in [-0.4, -0.2) is 38.6 Å². The fraction of sp³-hybridized carbons (Fsp3) is 0.231. The maximum Gasteiger partial charge on any atom is 0.233 e. The van der Waals surface area contributed by atoms with Crippen LogP contribution in [0.15, 0.2) is 23.4 Å². The molecule has 2 rings (SSSR count). The van der Waals surface area contributed by atoms with E-state index in [2.05, 4.69) is 15.0 Å². The Kier molecular flexibility index (Phi) is 5.86. The molecule has 0 fully saturated rings. The number of rotatable bonds is 5. The van der Waals surface area contributed by atoms with Gasteiger partial charge in [-0.25, -0.2) is 0 Å². The predicted octanol–water partition coefficient (Wildman–Crippen LogP) is 2.09. The van der Waals surface area contributed by atoms with Gasteiger partial charge in [0, 0.05) is 13.6 Å². The highest BCUT2D eigenvalue weighted by Crippen LogP contribution is 2.23. The Morgan fingerprint density at radius 1 is 1.17 bits per heavy atom. The number of halogens is 2.